The Bertz CT molecular complexity index is 589. The molecule has 0 aliphatic rings. The Morgan fingerprint density at radius 2 is 2.11 bits per heavy atom. The Morgan fingerprint density at radius 3 is 2.74 bits per heavy atom. The molecule has 0 saturated heterocycles. The summed E-state index contributed by atoms with van der Waals surface area (Å²) in [7, 11) is 0. The van der Waals surface area contributed by atoms with E-state index < -0.39 is 0 Å². The average molecular weight is 280 g/mol. The number of carbonyl (C=O) groups is 1. The first-order valence-electron chi connectivity index (χ1n) is 6.49. The first-order valence-corrected chi connectivity index (χ1v) is 6.87. The van der Waals surface area contributed by atoms with Gasteiger partial charge in [0, 0.05) is 23.5 Å². The second-order valence-corrected chi connectivity index (χ2v) is 5.47. The van der Waals surface area contributed by atoms with Gasteiger partial charge in [0.15, 0.2) is 5.76 Å². The SMILES string of the molecule is CCN(CC(C)C)C(=O)c1cc2cc(Cl)ccc2o1. The molecule has 0 N–H and O–H groups in total. The summed E-state index contributed by atoms with van der Waals surface area (Å²) in [4.78, 5) is 14.2. The molecule has 1 aromatic heterocycles. The minimum atomic E-state index is -0.0662. The maximum Gasteiger partial charge on any atom is 0.289 e. The van der Waals surface area contributed by atoms with E-state index in [-0.39, 0.29) is 5.91 Å². The van der Waals surface area contributed by atoms with E-state index in [9.17, 15) is 4.79 Å². The van der Waals surface area contributed by atoms with Crippen LogP contribution in [0, 0.1) is 5.92 Å². The molecule has 0 radical (unpaired) electrons. The summed E-state index contributed by atoms with van der Waals surface area (Å²) in [5, 5.41) is 1.50. The van der Waals surface area contributed by atoms with Gasteiger partial charge in [-0.1, -0.05) is 25.4 Å². The van der Waals surface area contributed by atoms with Crippen LogP contribution in [-0.4, -0.2) is 23.9 Å². The van der Waals surface area contributed by atoms with Crippen molar-refractivity contribution in [3.05, 3.63) is 35.0 Å². The van der Waals surface area contributed by atoms with E-state index in [1.807, 2.05) is 6.92 Å². The quantitative estimate of drug-likeness (QED) is 0.840. The van der Waals surface area contributed by atoms with Crippen LogP contribution in [0.1, 0.15) is 31.3 Å². The lowest BCUT2D eigenvalue weighted by molar-refractivity contribution is 0.0716. The molecule has 1 heterocycles. The molecule has 0 spiro atoms. The average Bonchev–Trinajstić information content (AvgIpc) is 2.77. The molecule has 4 heteroatoms. The van der Waals surface area contributed by atoms with Crippen LogP contribution in [0.5, 0.6) is 0 Å². The molecule has 2 aromatic rings. The van der Waals surface area contributed by atoms with Gasteiger partial charge in [-0.2, -0.15) is 0 Å². The van der Waals surface area contributed by atoms with E-state index in [2.05, 4.69) is 13.8 Å². The van der Waals surface area contributed by atoms with Crippen LogP contribution in [-0.2, 0) is 0 Å². The molecule has 0 fully saturated rings. The summed E-state index contributed by atoms with van der Waals surface area (Å²) in [6.07, 6.45) is 0. The van der Waals surface area contributed by atoms with Gasteiger partial charge >= 0.3 is 0 Å². The highest BCUT2D eigenvalue weighted by Gasteiger charge is 2.19. The summed E-state index contributed by atoms with van der Waals surface area (Å²) >= 11 is 5.93. The molecule has 0 aliphatic heterocycles. The van der Waals surface area contributed by atoms with Crippen LogP contribution in [0.2, 0.25) is 5.02 Å². The smallest absolute Gasteiger partial charge is 0.289 e. The number of hydrogen-bond donors (Lipinski definition) is 0. The minimum absolute atomic E-state index is 0.0662. The van der Waals surface area contributed by atoms with E-state index in [0.717, 1.165) is 11.9 Å². The van der Waals surface area contributed by atoms with Gasteiger partial charge in [0.2, 0.25) is 0 Å². The Balaban J connectivity index is 2.29. The predicted octanol–water partition coefficient (Wildman–Crippen LogP) is 4.20. The van der Waals surface area contributed by atoms with E-state index in [1.54, 1.807) is 29.2 Å². The van der Waals surface area contributed by atoms with Gasteiger partial charge in [-0.05, 0) is 37.1 Å². The number of benzene rings is 1. The first-order chi connectivity index (χ1) is 9.01. The number of nitrogens with zero attached hydrogens (tertiary/aromatic N) is 1. The molecule has 0 bridgehead atoms. The molecule has 2 rings (SSSR count). The van der Waals surface area contributed by atoms with Crippen molar-refractivity contribution in [3.8, 4) is 0 Å². The summed E-state index contributed by atoms with van der Waals surface area (Å²) in [5.41, 5.74) is 0.688. The number of amides is 1. The molecular weight excluding hydrogens is 262 g/mol. The summed E-state index contributed by atoms with van der Waals surface area (Å²) in [6, 6.07) is 7.10. The molecule has 0 atom stereocenters. The van der Waals surface area contributed by atoms with Gasteiger partial charge in [0.1, 0.15) is 5.58 Å². The van der Waals surface area contributed by atoms with Crippen molar-refractivity contribution in [2.45, 2.75) is 20.8 Å². The molecule has 19 heavy (non-hydrogen) atoms. The number of hydrogen-bond acceptors (Lipinski definition) is 2. The fraction of sp³-hybridized carbons (Fsp3) is 0.400. The Kier molecular flexibility index (Phi) is 4.15. The Morgan fingerprint density at radius 1 is 1.37 bits per heavy atom. The minimum Gasteiger partial charge on any atom is -0.451 e. The molecule has 3 nitrogen and oxygen atoms in total. The zero-order valence-electron chi connectivity index (χ0n) is 11.4. The van der Waals surface area contributed by atoms with Crippen molar-refractivity contribution in [2.75, 3.05) is 13.1 Å². The lowest BCUT2D eigenvalue weighted by Crippen LogP contribution is -2.33. The Hall–Kier alpha value is -1.48. The van der Waals surface area contributed by atoms with Crippen molar-refractivity contribution >= 4 is 28.5 Å². The Labute approximate surface area is 118 Å². The first kappa shape index (κ1) is 13.9. The zero-order chi connectivity index (χ0) is 14.0. The van der Waals surface area contributed by atoms with Crippen LogP contribution in [0.15, 0.2) is 28.7 Å². The zero-order valence-corrected chi connectivity index (χ0v) is 12.2. The summed E-state index contributed by atoms with van der Waals surface area (Å²) in [5.74, 6) is 0.742. The van der Waals surface area contributed by atoms with Crippen molar-refractivity contribution in [1.82, 2.24) is 4.90 Å². The highest BCUT2D eigenvalue weighted by molar-refractivity contribution is 6.31. The lowest BCUT2D eigenvalue weighted by Gasteiger charge is -2.21. The number of furan rings is 1. The maximum absolute atomic E-state index is 12.4. The number of rotatable bonds is 4. The number of halogens is 1. The summed E-state index contributed by atoms with van der Waals surface area (Å²) < 4.78 is 5.60. The van der Waals surface area contributed by atoms with E-state index >= 15 is 0 Å². The van der Waals surface area contributed by atoms with Crippen LogP contribution in [0.4, 0.5) is 0 Å². The van der Waals surface area contributed by atoms with Gasteiger partial charge in [0.05, 0.1) is 0 Å². The highest BCUT2D eigenvalue weighted by atomic mass is 35.5. The van der Waals surface area contributed by atoms with E-state index in [4.69, 9.17) is 16.0 Å². The van der Waals surface area contributed by atoms with Gasteiger partial charge in [-0.15, -0.1) is 0 Å². The third-order valence-electron chi connectivity index (χ3n) is 2.94. The van der Waals surface area contributed by atoms with Gasteiger partial charge < -0.3 is 9.32 Å². The largest absolute Gasteiger partial charge is 0.451 e. The molecular formula is C15H18ClNO2. The van der Waals surface area contributed by atoms with Crippen molar-refractivity contribution in [1.29, 1.82) is 0 Å². The molecule has 102 valence electrons. The number of carbonyl (C=O) groups excluding carboxylic acids is 1. The molecule has 1 amide bonds. The van der Waals surface area contributed by atoms with Gasteiger partial charge in [0.25, 0.3) is 5.91 Å². The lowest BCUT2D eigenvalue weighted by atomic mass is 10.2. The third kappa shape index (κ3) is 3.10. The van der Waals surface area contributed by atoms with E-state index in [0.29, 0.717) is 28.8 Å². The van der Waals surface area contributed by atoms with Crippen molar-refractivity contribution in [2.24, 2.45) is 5.92 Å². The number of fused-ring (bicyclic) bond motifs is 1. The van der Waals surface area contributed by atoms with Crippen molar-refractivity contribution < 1.29 is 9.21 Å². The predicted molar refractivity (Wildman–Crippen MR) is 77.6 cm³/mol. The second kappa shape index (κ2) is 5.66. The van der Waals surface area contributed by atoms with Crippen LogP contribution in [0.3, 0.4) is 0 Å². The van der Waals surface area contributed by atoms with E-state index in [1.165, 1.54) is 0 Å². The molecule has 0 unspecified atom stereocenters. The fourth-order valence-electron chi connectivity index (χ4n) is 2.07. The normalized spacial score (nSPS) is 11.2. The van der Waals surface area contributed by atoms with Gasteiger partial charge in [-0.25, -0.2) is 0 Å². The molecule has 0 aliphatic carbocycles. The molecule has 0 saturated carbocycles. The van der Waals surface area contributed by atoms with Crippen LogP contribution in [0.25, 0.3) is 11.0 Å². The topological polar surface area (TPSA) is 33.5 Å². The fourth-order valence-corrected chi connectivity index (χ4v) is 2.25. The maximum atomic E-state index is 12.4. The van der Waals surface area contributed by atoms with Crippen LogP contribution < -0.4 is 0 Å². The van der Waals surface area contributed by atoms with Crippen LogP contribution >= 0.6 is 11.6 Å². The standard InChI is InChI=1S/C15H18ClNO2/c1-4-17(9-10(2)3)15(18)14-8-11-7-12(16)5-6-13(11)19-14/h5-8,10H,4,9H2,1-3H3. The third-order valence-corrected chi connectivity index (χ3v) is 3.18. The summed E-state index contributed by atoms with van der Waals surface area (Å²) in [6.45, 7) is 7.56. The van der Waals surface area contributed by atoms with Gasteiger partial charge in [-0.3, -0.25) is 4.79 Å². The van der Waals surface area contributed by atoms with Crippen molar-refractivity contribution in [3.63, 3.8) is 0 Å². The second-order valence-electron chi connectivity index (χ2n) is 5.03. The highest BCUT2D eigenvalue weighted by Crippen LogP contribution is 2.24. The molecule has 1 aromatic carbocycles. The monoisotopic (exact) mass is 279 g/mol.